The first-order chi connectivity index (χ1) is 27.5. The van der Waals surface area contributed by atoms with Crippen LogP contribution in [0.25, 0.3) is 10.4 Å². The Morgan fingerprint density at radius 2 is 1.53 bits per heavy atom. The Hall–Kier alpha value is -3.11. The zero-order chi connectivity index (χ0) is 40.7. The smallest absolute Gasteiger partial charge is 0.407 e. The van der Waals surface area contributed by atoms with Gasteiger partial charge in [0.1, 0.15) is 6.10 Å². The van der Waals surface area contributed by atoms with E-state index in [2.05, 4.69) is 61.4 Å². The Kier molecular flexibility index (Phi) is 17.6. The molecular formula is C46H73N5O6. The number of ether oxygens (including phenoxy) is 4. The molecule has 318 valence electrons. The average molecular weight is 792 g/mol. The Morgan fingerprint density at radius 3 is 2.21 bits per heavy atom. The van der Waals surface area contributed by atoms with Gasteiger partial charge in [0.05, 0.1) is 33.0 Å². The molecule has 1 aromatic rings. The summed E-state index contributed by atoms with van der Waals surface area (Å²) in [6, 6.07) is 7.00. The second-order valence-corrected chi connectivity index (χ2v) is 18.4. The van der Waals surface area contributed by atoms with Crippen LogP contribution in [0.5, 0.6) is 0 Å². The highest BCUT2D eigenvalue weighted by Crippen LogP contribution is 2.67. The Bertz CT molecular complexity index is 1500. The molecule has 0 bridgehead atoms. The van der Waals surface area contributed by atoms with Crippen molar-refractivity contribution in [3.63, 3.8) is 0 Å². The van der Waals surface area contributed by atoms with Gasteiger partial charge in [-0.2, -0.15) is 0 Å². The first kappa shape index (κ1) is 45.0. The molecule has 11 nitrogen and oxygen atoms in total. The number of benzene rings is 1. The Balaban J connectivity index is 0.868. The van der Waals surface area contributed by atoms with E-state index in [1.54, 1.807) is 29.8 Å². The van der Waals surface area contributed by atoms with Gasteiger partial charge in [0.2, 0.25) is 0 Å². The number of carbonyl (C=O) groups is 2. The number of hydrogen-bond acceptors (Lipinski definition) is 7. The summed E-state index contributed by atoms with van der Waals surface area (Å²) in [7, 11) is 0. The molecule has 1 aromatic carbocycles. The third-order valence-corrected chi connectivity index (χ3v) is 14.3. The molecule has 8 atom stereocenters. The van der Waals surface area contributed by atoms with Crippen LogP contribution in [0.4, 0.5) is 4.79 Å². The summed E-state index contributed by atoms with van der Waals surface area (Å²) in [5.74, 6) is 4.84. The normalized spacial score (nSPS) is 28.3. The molecule has 0 radical (unpaired) electrons. The van der Waals surface area contributed by atoms with Crippen molar-refractivity contribution >= 4 is 12.0 Å². The first-order valence-corrected chi connectivity index (χ1v) is 22.3. The maximum absolute atomic E-state index is 12.7. The van der Waals surface area contributed by atoms with E-state index in [0.29, 0.717) is 76.6 Å². The summed E-state index contributed by atoms with van der Waals surface area (Å²) in [5, 5.41) is 9.33. The molecule has 0 aliphatic heterocycles. The van der Waals surface area contributed by atoms with Gasteiger partial charge >= 0.3 is 6.09 Å². The molecule has 2 N–H and O–H groups in total. The van der Waals surface area contributed by atoms with Crippen molar-refractivity contribution in [2.24, 2.45) is 51.5 Å². The number of nitrogens with zero attached hydrogens (tertiary/aromatic N) is 3. The molecule has 3 saturated carbocycles. The van der Waals surface area contributed by atoms with Gasteiger partial charge in [0.25, 0.3) is 5.91 Å². The minimum atomic E-state index is -0.314. The second-order valence-electron chi connectivity index (χ2n) is 18.4. The maximum atomic E-state index is 12.7. The topological polar surface area (TPSA) is 144 Å². The van der Waals surface area contributed by atoms with Crippen molar-refractivity contribution in [3.8, 4) is 0 Å². The van der Waals surface area contributed by atoms with Gasteiger partial charge in [-0.3, -0.25) is 4.79 Å². The van der Waals surface area contributed by atoms with Crippen LogP contribution in [0.1, 0.15) is 134 Å². The molecule has 11 heteroatoms. The Labute approximate surface area is 342 Å². The number of nitrogens with one attached hydrogen (secondary N) is 2. The molecule has 0 heterocycles. The molecule has 0 spiro atoms. The van der Waals surface area contributed by atoms with E-state index >= 15 is 0 Å². The van der Waals surface area contributed by atoms with Crippen molar-refractivity contribution in [1.82, 2.24) is 10.6 Å². The standard InChI is InChI=1S/C46H73N5O6/c1-33(2)9-6-10-34(3)40-17-18-41-39-16-15-37-31-38(19-21-45(37,4)42(39)20-22-46(40,41)5)57-44(53)49-24-8-26-55-28-30-56-29-27-54-25-7-23-48-43(52)36-13-11-35(12-14-36)32-50-51-47/h11-15,33-34,38-42H,6-10,16-32H2,1-5H3,(H,48,52)(H,49,53)/t34-,38+,39+,40-,41+,42+,45+,46-/m1/s1. The molecule has 0 saturated heterocycles. The van der Waals surface area contributed by atoms with Crippen molar-refractivity contribution in [2.45, 2.75) is 131 Å². The van der Waals surface area contributed by atoms with Crippen molar-refractivity contribution in [3.05, 3.63) is 57.5 Å². The van der Waals surface area contributed by atoms with E-state index in [-0.39, 0.29) is 30.1 Å². The summed E-state index contributed by atoms with van der Waals surface area (Å²) >= 11 is 0. The highest BCUT2D eigenvalue weighted by molar-refractivity contribution is 5.94. The summed E-state index contributed by atoms with van der Waals surface area (Å²) in [4.78, 5) is 27.7. The predicted molar refractivity (Wildman–Crippen MR) is 225 cm³/mol. The molecule has 0 unspecified atom stereocenters. The van der Waals surface area contributed by atoms with Crippen LogP contribution in [-0.2, 0) is 25.5 Å². The molecule has 5 rings (SSSR count). The number of allylic oxidation sites excluding steroid dienone is 1. The van der Waals surface area contributed by atoms with Crippen molar-refractivity contribution < 1.29 is 28.5 Å². The number of hydrogen-bond donors (Lipinski definition) is 2. The van der Waals surface area contributed by atoms with Crippen LogP contribution >= 0.6 is 0 Å². The fourth-order valence-electron chi connectivity index (χ4n) is 11.2. The molecule has 57 heavy (non-hydrogen) atoms. The van der Waals surface area contributed by atoms with Gasteiger partial charge < -0.3 is 29.6 Å². The third-order valence-electron chi connectivity index (χ3n) is 14.3. The van der Waals surface area contributed by atoms with Crippen LogP contribution in [0.2, 0.25) is 0 Å². The van der Waals surface area contributed by atoms with Crippen LogP contribution in [0.3, 0.4) is 0 Å². The average Bonchev–Trinajstić information content (AvgIpc) is 3.56. The highest BCUT2D eigenvalue weighted by atomic mass is 16.6. The summed E-state index contributed by atoms with van der Waals surface area (Å²) in [6.45, 7) is 16.8. The number of amides is 2. The highest BCUT2D eigenvalue weighted by Gasteiger charge is 2.59. The van der Waals surface area contributed by atoms with Crippen LogP contribution in [-0.4, -0.2) is 70.8 Å². The number of azide groups is 1. The number of alkyl carbamates (subject to hydrolysis) is 1. The lowest BCUT2D eigenvalue weighted by Crippen LogP contribution is -2.51. The van der Waals surface area contributed by atoms with Crippen LogP contribution in [0.15, 0.2) is 41.0 Å². The van der Waals surface area contributed by atoms with Gasteiger partial charge in [-0.25, -0.2) is 4.79 Å². The van der Waals surface area contributed by atoms with Gasteiger partial charge in [-0.15, -0.1) is 0 Å². The summed E-state index contributed by atoms with van der Waals surface area (Å²) in [5.41, 5.74) is 12.1. The lowest BCUT2D eigenvalue weighted by atomic mass is 9.47. The molecule has 4 aliphatic carbocycles. The number of carbonyl (C=O) groups excluding carboxylic acids is 2. The SMILES string of the molecule is CC(C)CCC[C@@H](C)[C@H]1CC[C@H]2[C@@H]3CC=C4C[C@@H](OC(=O)NCCCOCCOCCOCCCNC(=O)c5ccc(CN=[N+]=[N-])cc5)CC[C@]4(C)[C@H]3CC[C@]12C. The molecular weight excluding hydrogens is 719 g/mol. The van der Waals surface area contributed by atoms with Crippen molar-refractivity contribution in [1.29, 1.82) is 0 Å². The minimum Gasteiger partial charge on any atom is -0.446 e. The van der Waals surface area contributed by atoms with Crippen molar-refractivity contribution in [2.75, 3.05) is 52.7 Å². The fourth-order valence-corrected chi connectivity index (χ4v) is 11.2. The van der Waals surface area contributed by atoms with Crippen LogP contribution in [0, 0.1) is 46.3 Å². The number of fused-ring (bicyclic) bond motifs is 5. The monoisotopic (exact) mass is 792 g/mol. The first-order valence-electron chi connectivity index (χ1n) is 22.3. The number of rotatable bonds is 23. The zero-order valence-electron chi connectivity index (χ0n) is 35.8. The Morgan fingerprint density at radius 1 is 0.842 bits per heavy atom. The molecule has 2 amide bonds. The van der Waals surface area contributed by atoms with Gasteiger partial charge in [0, 0.05) is 43.2 Å². The lowest BCUT2D eigenvalue weighted by molar-refractivity contribution is -0.0581. The van der Waals surface area contributed by atoms with E-state index in [0.717, 1.165) is 60.3 Å². The second kappa shape index (κ2) is 22.3. The lowest BCUT2D eigenvalue weighted by Gasteiger charge is -2.58. The van der Waals surface area contributed by atoms with E-state index < -0.39 is 0 Å². The van der Waals surface area contributed by atoms with E-state index in [1.165, 1.54) is 51.4 Å². The molecule has 3 fully saturated rings. The van der Waals surface area contributed by atoms with E-state index in [1.807, 2.05) is 0 Å². The quantitative estimate of drug-likeness (QED) is 0.0371. The van der Waals surface area contributed by atoms with Gasteiger partial charge in [-0.1, -0.05) is 82.8 Å². The van der Waals surface area contributed by atoms with E-state index in [4.69, 9.17) is 24.5 Å². The molecule has 0 aromatic heterocycles. The van der Waals surface area contributed by atoms with E-state index in [9.17, 15) is 9.59 Å². The summed E-state index contributed by atoms with van der Waals surface area (Å²) in [6.07, 6.45) is 17.6. The minimum absolute atomic E-state index is 0.0388. The summed E-state index contributed by atoms with van der Waals surface area (Å²) < 4.78 is 22.8. The molecule has 4 aliphatic rings. The maximum Gasteiger partial charge on any atom is 0.407 e. The zero-order valence-corrected chi connectivity index (χ0v) is 35.8. The van der Waals surface area contributed by atoms with Crippen LogP contribution < -0.4 is 10.6 Å². The van der Waals surface area contributed by atoms with Gasteiger partial charge in [-0.05, 0) is 127 Å². The largest absolute Gasteiger partial charge is 0.446 e. The van der Waals surface area contributed by atoms with Gasteiger partial charge in [0.15, 0.2) is 0 Å². The predicted octanol–water partition coefficient (Wildman–Crippen LogP) is 10.2. The third kappa shape index (κ3) is 12.5. The fraction of sp³-hybridized carbons (Fsp3) is 0.783.